The standard InChI is InChI=1S/C22H31N3O5.HI/c1-6-29-21-12-16(8-9-20(21)28-5)25-22(23-2)24-10-7-11-30-19-14-17(26-3)13-18(15-19)27-4;/h8-9,12-15H,6-7,10-11H2,1-5H3,(H2,23,24,25);1H. The van der Waals surface area contributed by atoms with E-state index in [9.17, 15) is 0 Å². The van der Waals surface area contributed by atoms with Gasteiger partial charge in [-0.15, -0.1) is 24.0 Å². The first-order chi connectivity index (χ1) is 14.6. The van der Waals surface area contributed by atoms with Crippen molar-refractivity contribution in [3.05, 3.63) is 36.4 Å². The van der Waals surface area contributed by atoms with Crippen molar-refractivity contribution < 1.29 is 23.7 Å². The van der Waals surface area contributed by atoms with E-state index in [0.717, 1.165) is 12.1 Å². The average molecular weight is 545 g/mol. The minimum atomic E-state index is 0. The van der Waals surface area contributed by atoms with Crippen LogP contribution in [0.25, 0.3) is 0 Å². The Bertz CT molecular complexity index is 811. The maximum absolute atomic E-state index is 5.80. The van der Waals surface area contributed by atoms with E-state index < -0.39 is 0 Å². The van der Waals surface area contributed by atoms with Crippen molar-refractivity contribution in [2.45, 2.75) is 13.3 Å². The second kappa shape index (κ2) is 14.4. The smallest absolute Gasteiger partial charge is 0.195 e. The first-order valence-electron chi connectivity index (χ1n) is 9.77. The number of nitrogens with one attached hydrogen (secondary N) is 2. The summed E-state index contributed by atoms with van der Waals surface area (Å²) in [5.74, 6) is 4.12. The van der Waals surface area contributed by atoms with Crippen molar-refractivity contribution in [2.75, 3.05) is 53.5 Å². The second-order valence-corrected chi connectivity index (χ2v) is 6.17. The van der Waals surface area contributed by atoms with Crippen LogP contribution in [0.5, 0.6) is 28.7 Å². The van der Waals surface area contributed by atoms with Gasteiger partial charge in [-0.1, -0.05) is 0 Å². The summed E-state index contributed by atoms with van der Waals surface area (Å²) in [6.07, 6.45) is 0.785. The van der Waals surface area contributed by atoms with Gasteiger partial charge in [0, 0.05) is 43.5 Å². The van der Waals surface area contributed by atoms with Gasteiger partial charge < -0.3 is 34.3 Å². The van der Waals surface area contributed by atoms with Crippen LogP contribution in [0.3, 0.4) is 0 Å². The molecule has 8 nitrogen and oxygen atoms in total. The Hall–Kier alpha value is -2.56. The van der Waals surface area contributed by atoms with Gasteiger partial charge in [0.1, 0.15) is 17.2 Å². The number of ether oxygens (including phenoxy) is 5. The summed E-state index contributed by atoms with van der Waals surface area (Å²) in [6, 6.07) is 11.1. The number of hydrogen-bond acceptors (Lipinski definition) is 6. The lowest BCUT2D eigenvalue weighted by Gasteiger charge is -2.15. The van der Waals surface area contributed by atoms with Crippen LogP contribution in [-0.4, -0.2) is 54.1 Å². The molecule has 0 aliphatic rings. The van der Waals surface area contributed by atoms with E-state index in [-0.39, 0.29) is 24.0 Å². The fourth-order valence-corrected chi connectivity index (χ4v) is 2.67. The first-order valence-corrected chi connectivity index (χ1v) is 9.77. The van der Waals surface area contributed by atoms with Crippen molar-refractivity contribution in [3.63, 3.8) is 0 Å². The molecule has 0 spiro atoms. The van der Waals surface area contributed by atoms with Gasteiger partial charge >= 0.3 is 0 Å². The lowest BCUT2D eigenvalue weighted by atomic mass is 10.2. The minimum Gasteiger partial charge on any atom is -0.496 e. The van der Waals surface area contributed by atoms with Crippen LogP contribution in [0.2, 0.25) is 0 Å². The van der Waals surface area contributed by atoms with Crippen LogP contribution < -0.4 is 34.3 Å². The Labute approximate surface area is 201 Å². The molecule has 0 aliphatic heterocycles. The van der Waals surface area contributed by atoms with Crippen LogP contribution in [0, 0.1) is 0 Å². The highest BCUT2D eigenvalue weighted by atomic mass is 127. The first kappa shape index (κ1) is 26.5. The van der Waals surface area contributed by atoms with Crippen molar-refractivity contribution in [2.24, 2.45) is 4.99 Å². The van der Waals surface area contributed by atoms with E-state index in [1.807, 2.05) is 37.3 Å². The third kappa shape index (κ3) is 8.60. The zero-order valence-electron chi connectivity index (χ0n) is 18.7. The Kier molecular flexibility index (Phi) is 12.3. The lowest BCUT2D eigenvalue weighted by molar-refractivity contribution is 0.305. The molecule has 31 heavy (non-hydrogen) atoms. The predicted molar refractivity (Wildman–Crippen MR) is 134 cm³/mol. The molecule has 0 heterocycles. The molecule has 0 saturated heterocycles. The molecule has 9 heteroatoms. The van der Waals surface area contributed by atoms with Crippen molar-refractivity contribution >= 4 is 35.6 Å². The number of halogens is 1. The number of rotatable bonds is 11. The molecule has 2 N–H and O–H groups in total. The number of methoxy groups -OCH3 is 3. The fraction of sp³-hybridized carbons (Fsp3) is 0.409. The van der Waals surface area contributed by atoms with Gasteiger partial charge in [-0.05, 0) is 25.5 Å². The maximum Gasteiger partial charge on any atom is 0.195 e. The molecule has 0 fully saturated rings. The van der Waals surface area contributed by atoms with E-state index in [1.165, 1.54) is 0 Å². The van der Waals surface area contributed by atoms with Crippen LogP contribution >= 0.6 is 24.0 Å². The predicted octanol–water partition coefficient (Wildman–Crippen LogP) is 4.19. The highest BCUT2D eigenvalue weighted by Gasteiger charge is 2.07. The molecule has 0 saturated carbocycles. The quantitative estimate of drug-likeness (QED) is 0.190. The van der Waals surface area contributed by atoms with Gasteiger partial charge in [-0.25, -0.2) is 0 Å². The van der Waals surface area contributed by atoms with E-state index >= 15 is 0 Å². The second-order valence-electron chi connectivity index (χ2n) is 6.17. The van der Waals surface area contributed by atoms with Gasteiger partial charge in [-0.2, -0.15) is 0 Å². The van der Waals surface area contributed by atoms with E-state index in [0.29, 0.717) is 54.5 Å². The van der Waals surface area contributed by atoms with Crippen molar-refractivity contribution in [1.82, 2.24) is 5.32 Å². The Morgan fingerprint density at radius 3 is 2.13 bits per heavy atom. The third-order valence-corrected chi connectivity index (χ3v) is 4.16. The van der Waals surface area contributed by atoms with Crippen LogP contribution in [-0.2, 0) is 0 Å². The van der Waals surface area contributed by atoms with Gasteiger partial charge in [0.15, 0.2) is 17.5 Å². The van der Waals surface area contributed by atoms with Crippen LogP contribution in [0.15, 0.2) is 41.4 Å². The molecule has 0 radical (unpaired) electrons. The van der Waals surface area contributed by atoms with Gasteiger partial charge in [0.05, 0.1) is 34.5 Å². The molecule has 0 unspecified atom stereocenters. The monoisotopic (exact) mass is 545 g/mol. The Balaban J connectivity index is 0.00000480. The minimum absolute atomic E-state index is 0. The summed E-state index contributed by atoms with van der Waals surface area (Å²) < 4.78 is 27.2. The summed E-state index contributed by atoms with van der Waals surface area (Å²) in [6.45, 7) is 3.72. The number of hydrogen-bond donors (Lipinski definition) is 2. The molecule has 172 valence electrons. The molecule has 0 aliphatic carbocycles. The number of guanidine groups is 1. The molecule has 2 aromatic carbocycles. The van der Waals surface area contributed by atoms with Gasteiger partial charge in [0.2, 0.25) is 0 Å². The average Bonchev–Trinajstić information content (AvgIpc) is 2.78. The summed E-state index contributed by atoms with van der Waals surface area (Å²) in [7, 11) is 6.57. The number of benzene rings is 2. The highest BCUT2D eigenvalue weighted by Crippen LogP contribution is 2.30. The van der Waals surface area contributed by atoms with Gasteiger partial charge in [0.25, 0.3) is 0 Å². The van der Waals surface area contributed by atoms with Crippen LogP contribution in [0.4, 0.5) is 5.69 Å². The molecule has 0 atom stereocenters. The number of anilines is 1. The maximum atomic E-state index is 5.80. The zero-order chi connectivity index (χ0) is 21.8. The summed E-state index contributed by atoms with van der Waals surface area (Å²) >= 11 is 0. The Morgan fingerprint density at radius 2 is 1.55 bits per heavy atom. The zero-order valence-corrected chi connectivity index (χ0v) is 21.0. The summed E-state index contributed by atoms with van der Waals surface area (Å²) in [5, 5.41) is 6.51. The number of aliphatic imine (C=N–C) groups is 1. The molecular weight excluding hydrogens is 513 g/mol. The normalized spacial score (nSPS) is 10.5. The molecule has 0 amide bonds. The van der Waals surface area contributed by atoms with Crippen molar-refractivity contribution in [1.29, 1.82) is 0 Å². The van der Waals surface area contributed by atoms with Gasteiger partial charge in [-0.3, -0.25) is 4.99 Å². The summed E-state index contributed by atoms with van der Waals surface area (Å²) in [4.78, 5) is 4.25. The summed E-state index contributed by atoms with van der Waals surface area (Å²) in [5.41, 5.74) is 0.854. The third-order valence-electron chi connectivity index (χ3n) is 4.16. The topological polar surface area (TPSA) is 82.6 Å². The van der Waals surface area contributed by atoms with E-state index in [2.05, 4.69) is 15.6 Å². The van der Waals surface area contributed by atoms with Crippen molar-refractivity contribution in [3.8, 4) is 28.7 Å². The van der Waals surface area contributed by atoms with E-state index in [4.69, 9.17) is 23.7 Å². The molecular formula is C22H32IN3O5. The SMILES string of the molecule is CCOc1cc(NC(=NC)NCCCOc2cc(OC)cc(OC)c2)ccc1OC.I. The van der Waals surface area contributed by atoms with Crippen LogP contribution in [0.1, 0.15) is 13.3 Å². The Morgan fingerprint density at radius 1 is 0.871 bits per heavy atom. The fourth-order valence-electron chi connectivity index (χ4n) is 2.67. The molecule has 0 bridgehead atoms. The van der Waals surface area contributed by atoms with E-state index in [1.54, 1.807) is 34.4 Å². The number of nitrogens with zero attached hydrogens (tertiary/aromatic N) is 1. The largest absolute Gasteiger partial charge is 0.496 e. The highest BCUT2D eigenvalue weighted by molar-refractivity contribution is 14.0. The molecule has 0 aromatic heterocycles. The molecule has 2 aromatic rings. The lowest BCUT2D eigenvalue weighted by Crippen LogP contribution is -2.32. The molecule has 2 rings (SSSR count).